The number of aryl methyl sites for hydroxylation is 1. The maximum Gasteiger partial charge on any atom is 0.348 e. The Kier molecular flexibility index (Phi) is 3.87. The number of phenolic OH excluding ortho intramolecular Hbond substituents is 1. The van der Waals surface area contributed by atoms with Gasteiger partial charge in [0.05, 0.1) is 5.39 Å². The summed E-state index contributed by atoms with van der Waals surface area (Å²) in [7, 11) is -4.03. The predicted octanol–water partition coefficient (Wildman–Crippen LogP) is 4.47. The lowest BCUT2D eigenvalue weighted by molar-refractivity contribution is 0.473. The summed E-state index contributed by atoms with van der Waals surface area (Å²) in [6.45, 7) is 1.86. The van der Waals surface area contributed by atoms with E-state index in [2.05, 4.69) is 0 Å². The van der Waals surface area contributed by atoms with Crippen LogP contribution in [0.15, 0.2) is 79.2 Å². The van der Waals surface area contributed by atoms with Crippen molar-refractivity contribution in [3.63, 3.8) is 0 Å². The molecule has 0 fully saturated rings. The van der Waals surface area contributed by atoms with Crippen molar-refractivity contribution < 1.29 is 26.5 Å². The van der Waals surface area contributed by atoms with Gasteiger partial charge >= 0.3 is 15.7 Å². The molecule has 0 aliphatic carbocycles. The van der Waals surface area contributed by atoms with E-state index in [1.54, 1.807) is 24.3 Å². The molecule has 0 amide bonds. The highest BCUT2D eigenvalue weighted by Crippen LogP contribution is 2.35. The molecule has 0 bridgehead atoms. The van der Waals surface area contributed by atoms with E-state index in [4.69, 9.17) is 13.0 Å². The molecule has 8 heteroatoms. The number of aromatic hydroxyl groups is 1. The Labute approximate surface area is 169 Å². The zero-order valence-electron chi connectivity index (χ0n) is 15.6. The second-order valence-corrected chi connectivity index (χ2v) is 8.43. The standard InChI is InChI=1S/C22H14O7S/c1-12-2-6-15(7-3-12)30(25,26)29-14-5-9-16-19(11-14)27-21-17-8-4-13(23)10-18(17)28-22(24)20(16)21/h2-11,23H,1H3. The molecule has 0 aliphatic rings. The summed E-state index contributed by atoms with van der Waals surface area (Å²) >= 11 is 0. The summed E-state index contributed by atoms with van der Waals surface area (Å²) in [6.07, 6.45) is 0. The molecule has 5 aromatic rings. The molecule has 0 spiro atoms. The van der Waals surface area contributed by atoms with Crippen LogP contribution in [0.3, 0.4) is 0 Å². The van der Waals surface area contributed by atoms with Crippen molar-refractivity contribution >= 4 is 43.0 Å². The number of hydrogen-bond donors (Lipinski definition) is 1. The van der Waals surface area contributed by atoms with Crippen LogP contribution in [0.4, 0.5) is 0 Å². The van der Waals surface area contributed by atoms with Crippen LogP contribution in [-0.2, 0) is 10.1 Å². The summed E-state index contributed by atoms with van der Waals surface area (Å²) in [4.78, 5) is 12.5. The summed E-state index contributed by atoms with van der Waals surface area (Å²) in [6, 6.07) is 15.1. The molecule has 150 valence electrons. The largest absolute Gasteiger partial charge is 0.508 e. The first kappa shape index (κ1) is 18.3. The van der Waals surface area contributed by atoms with Crippen molar-refractivity contribution in [2.45, 2.75) is 11.8 Å². The van der Waals surface area contributed by atoms with Crippen molar-refractivity contribution in [1.82, 2.24) is 0 Å². The zero-order valence-corrected chi connectivity index (χ0v) is 16.4. The molecule has 2 heterocycles. The highest BCUT2D eigenvalue weighted by molar-refractivity contribution is 7.87. The van der Waals surface area contributed by atoms with Gasteiger partial charge in [-0.3, -0.25) is 0 Å². The van der Waals surface area contributed by atoms with E-state index in [9.17, 15) is 18.3 Å². The van der Waals surface area contributed by atoms with Crippen molar-refractivity contribution in [2.75, 3.05) is 0 Å². The van der Waals surface area contributed by atoms with Gasteiger partial charge in [-0.2, -0.15) is 8.42 Å². The minimum absolute atomic E-state index is 0.0317. The maximum atomic E-state index is 12.5. The van der Waals surface area contributed by atoms with Gasteiger partial charge in [0, 0.05) is 17.5 Å². The quantitative estimate of drug-likeness (QED) is 0.337. The molecular weight excluding hydrogens is 408 g/mol. The number of phenols is 1. The van der Waals surface area contributed by atoms with Crippen molar-refractivity contribution in [3.8, 4) is 11.5 Å². The molecule has 30 heavy (non-hydrogen) atoms. The minimum atomic E-state index is -4.03. The van der Waals surface area contributed by atoms with Crippen molar-refractivity contribution in [2.24, 2.45) is 0 Å². The zero-order chi connectivity index (χ0) is 21.0. The fourth-order valence-corrected chi connectivity index (χ4v) is 4.26. The van der Waals surface area contributed by atoms with E-state index in [-0.39, 0.29) is 38.5 Å². The summed E-state index contributed by atoms with van der Waals surface area (Å²) < 4.78 is 41.5. The maximum absolute atomic E-state index is 12.5. The van der Waals surface area contributed by atoms with Gasteiger partial charge < -0.3 is 18.1 Å². The Bertz CT molecular complexity index is 1610. The molecule has 7 nitrogen and oxygen atoms in total. The van der Waals surface area contributed by atoms with Crippen LogP contribution in [0.5, 0.6) is 11.5 Å². The lowest BCUT2D eigenvalue weighted by Gasteiger charge is -2.07. The van der Waals surface area contributed by atoms with Crippen LogP contribution < -0.4 is 9.81 Å². The predicted molar refractivity (Wildman–Crippen MR) is 110 cm³/mol. The molecule has 1 N–H and O–H groups in total. The smallest absolute Gasteiger partial charge is 0.348 e. The molecule has 0 saturated heterocycles. The molecule has 5 rings (SSSR count). The number of hydrogen-bond acceptors (Lipinski definition) is 7. The molecule has 0 unspecified atom stereocenters. The summed E-state index contributed by atoms with van der Waals surface area (Å²) in [5.74, 6) is 0.00609. The van der Waals surface area contributed by atoms with Crippen molar-refractivity contribution in [1.29, 1.82) is 0 Å². The van der Waals surface area contributed by atoms with Crippen LogP contribution in [-0.4, -0.2) is 13.5 Å². The highest BCUT2D eigenvalue weighted by Gasteiger charge is 2.20. The first-order valence-corrected chi connectivity index (χ1v) is 10.4. The minimum Gasteiger partial charge on any atom is -0.508 e. The lowest BCUT2D eigenvalue weighted by atomic mass is 10.1. The highest BCUT2D eigenvalue weighted by atomic mass is 32.2. The molecule has 2 aromatic heterocycles. The Balaban J connectivity index is 1.65. The topological polar surface area (TPSA) is 107 Å². The third-order valence-corrected chi connectivity index (χ3v) is 6.06. The third kappa shape index (κ3) is 2.89. The fraction of sp³-hybridized carbons (Fsp3) is 0.0455. The van der Waals surface area contributed by atoms with Gasteiger partial charge in [0.15, 0.2) is 5.58 Å². The first-order chi connectivity index (χ1) is 14.3. The first-order valence-electron chi connectivity index (χ1n) is 8.95. The monoisotopic (exact) mass is 422 g/mol. The molecule has 0 saturated carbocycles. The van der Waals surface area contributed by atoms with E-state index in [0.717, 1.165) is 5.56 Å². The fourth-order valence-electron chi connectivity index (χ4n) is 3.33. The normalized spacial score (nSPS) is 12.0. The van der Waals surface area contributed by atoms with Gasteiger partial charge in [0.1, 0.15) is 32.9 Å². The van der Waals surface area contributed by atoms with E-state index in [1.807, 2.05) is 6.92 Å². The lowest BCUT2D eigenvalue weighted by Crippen LogP contribution is -2.09. The average molecular weight is 422 g/mol. The SMILES string of the molecule is Cc1ccc(S(=O)(=O)Oc2ccc3c(c2)oc2c4ccc(O)cc4oc(=O)c32)cc1. The van der Waals surface area contributed by atoms with Gasteiger partial charge in [0.2, 0.25) is 0 Å². The number of rotatable bonds is 3. The van der Waals surface area contributed by atoms with E-state index < -0.39 is 15.7 Å². The van der Waals surface area contributed by atoms with Crippen molar-refractivity contribution in [3.05, 3.63) is 76.6 Å². The van der Waals surface area contributed by atoms with Gasteiger partial charge in [0.25, 0.3) is 0 Å². The molecular formula is C22H14O7S. The number of benzene rings is 3. The third-order valence-electron chi connectivity index (χ3n) is 4.79. The molecule has 0 radical (unpaired) electrons. The van der Waals surface area contributed by atoms with E-state index >= 15 is 0 Å². The van der Waals surface area contributed by atoms with Crippen LogP contribution in [0.2, 0.25) is 0 Å². The molecule has 0 aliphatic heterocycles. The van der Waals surface area contributed by atoms with E-state index in [0.29, 0.717) is 10.8 Å². The van der Waals surface area contributed by atoms with Gasteiger partial charge in [-0.05, 0) is 43.3 Å². The Morgan fingerprint density at radius 3 is 2.33 bits per heavy atom. The Morgan fingerprint density at radius 2 is 1.57 bits per heavy atom. The van der Waals surface area contributed by atoms with Gasteiger partial charge in [-0.1, -0.05) is 17.7 Å². The van der Waals surface area contributed by atoms with Gasteiger partial charge in [-0.15, -0.1) is 0 Å². The molecule has 3 aromatic carbocycles. The van der Waals surface area contributed by atoms with Crippen LogP contribution in [0, 0.1) is 6.92 Å². The average Bonchev–Trinajstić information content (AvgIpc) is 3.07. The van der Waals surface area contributed by atoms with Gasteiger partial charge in [-0.25, -0.2) is 4.79 Å². The summed E-state index contributed by atoms with van der Waals surface area (Å²) in [5.41, 5.74) is 1.05. The van der Waals surface area contributed by atoms with Crippen LogP contribution in [0.25, 0.3) is 32.9 Å². The second-order valence-electron chi connectivity index (χ2n) is 6.88. The molecule has 0 atom stereocenters. The van der Waals surface area contributed by atoms with Crippen LogP contribution >= 0.6 is 0 Å². The summed E-state index contributed by atoms with van der Waals surface area (Å²) in [5, 5.41) is 10.8. The number of fused-ring (bicyclic) bond motifs is 5. The van der Waals surface area contributed by atoms with Crippen LogP contribution in [0.1, 0.15) is 5.56 Å². The second kappa shape index (κ2) is 6.36. The Morgan fingerprint density at radius 1 is 0.867 bits per heavy atom. The van der Waals surface area contributed by atoms with E-state index in [1.165, 1.54) is 36.4 Å². The number of furan rings is 1. The Hall–Kier alpha value is -3.78.